The van der Waals surface area contributed by atoms with Crippen LogP contribution >= 0.6 is 0 Å². The van der Waals surface area contributed by atoms with Crippen LogP contribution in [0.2, 0.25) is 0 Å². The van der Waals surface area contributed by atoms with Gasteiger partial charge in [0.2, 0.25) is 5.91 Å². The third-order valence-electron chi connectivity index (χ3n) is 6.11. The smallest absolute Gasteiger partial charge is 0.280 e. The molecule has 0 radical (unpaired) electrons. The zero-order chi connectivity index (χ0) is 21.3. The summed E-state index contributed by atoms with van der Waals surface area (Å²) in [6, 6.07) is 4.24. The van der Waals surface area contributed by atoms with Gasteiger partial charge in [-0.05, 0) is 57.2 Å². The average Bonchev–Trinajstić information content (AvgIpc) is 2.69. The van der Waals surface area contributed by atoms with E-state index in [2.05, 4.69) is 4.72 Å². The van der Waals surface area contributed by atoms with E-state index in [4.69, 9.17) is 9.47 Å². The lowest BCUT2D eigenvalue weighted by atomic mass is 9.94. The molecule has 1 aromatic rings. The maximum absolute atomic E-state index is 13.4. The second kappa shape index (κ2) is 8.49. The van der Waals surface area contributed by atoms with Gasteiger partial charge < -0.3 is 14.4 Å². The van der Waals surface area contributed by atoms with Crippen LogP contribution in [0.1, 0.15) is 51.1 Å². The quantitative estimate of drug-likeness (QED) is 0.798. The molecule has 0 saturated carbocycles. The molecule has 0 spiro atoms. The van der Waals surface area contributed by atoms with Crippen molar-refractivity contribution in [3.05, 3.63) is 23.8 Å². The van der Waals surface area contributed by atoms with Gasteiger partial charge in [-0.1, -0.05) is 6.07 Å². The molecule has 2 fully saturated rings. The molecule has 0 aromatic heterocycles. The van der Waals surface area contributed by atoms with Gasteiger partial charge in [-0.15, -0.1) is 0 Å². The highest BCUT2D eigenvalue weighted by Crippen LogP contribution is 2.35. The molecule has 9 heteroatoms. The van der Waals surface area contributed by atoms with Crippen molar-refractivity contribution in [2.45, 2.75) is 63.7 Å². The van der Waals surface area contributed by atoms with Gasteiger partial charge >= 0.3 is 0 Å². The Hall–Kier alpha value is -1.84. The summed E-state index contributed by atoms with van der Waals surface area (Å²) in [6.45, 7) is 4.07. The topological polar surface area (TPSA) is 88.2 Å². The van der Waals surface area contributed by atoms with Crippen LogP contribution in [0.25, 0.3) is 0 Å². The molecule has 29 heavy (non-hydrogen) atoms. The van der Waals surface area contributed by atoms with E-state index in [1.165, 1.54) is 18.5 Å². The molecule has 3 rings (SSSR count). The molecule has 4 unspecified atom stereocenters. The Bertz CT molecular complexity index is 850. The molecule has 1 amide bonds. The van der Waals surface area contributed by atoms with Crippen LogP contribution in [0.5, 0.6) is 11.5 Å². The van der Waals surface area contributed by atoms with Crippen molar-refractivity contribution in [2.75, 3.05) is 21.3 Å². The average molecular weight is 426 g/mol. The number of amides is 1. The zero-order valence-corrected chi connectivity index (χ0v) is 18.5. The minimum absolute atomic E-state index is 0.108. The Morgan fingerprint density at radius 1 is 1.10 bits per heavy atom. The first kappa shape index (κ1) is 21.9. The lowest BCUT2D eigenvalue weighted by molar-refractivity contribution is -0.142. The number of hydrogen-bond acceptors (Lipinski definition) is 5. The Balaban J connectivity index is 1.92. The highest BCUT2D eigenvalue weighted by molar-refractivity contribution is 7.87. The number of carbonyl (C=O) groups is 1. The first-order valence-corrected chi connectivity index (χ1v) is 11.4. The summed E-state index contributed by atoms with van der Waals surface area (Å²) in [6.07, 6.45) is 3.31. The molecule has 2 aliphatic rings. The van der Waals surface area contributed by atoms with Crippen molar-refractivity contribution in [3.63, 3.8) is 0 Å². The van der Waals surface area contributed by atoms with Gasteiger partial charge in [-0.2, -0.15) is 17.4 Å². The van der Waals surface area contributed by atoms with Crippen LogP contribution in [0.3, 0.4) is 0 Å². The molecule has 162 valence electrons. The number of rotatable bonds is 4. The lowest BCUT2D eigenvalue weighted by Gasteiger charge is -2.44. The Morgan fingerprint density at radius 3 is 2.31 bits per heavy atom. The Morgan fingerprint density at radius 2 is 1.72 bits per heavy atom. The minimum Gasteiger partial charge on any atom is -0.493 e. The predicted molar refractivity (Wildman–Crippen MR) is 110 cm³/mol. The number of methoxy groups -OCH3 is 2. The van der Waals surface area contributed by atoms with Crippen LogP contribution < -0.4 is 14.2 Å². The van der Waals surface area contributed by atoms with Crippen LogP contribution in [0.15, 0.2) is 18.2 Å². The van der Waals surface area contributed by atoms with E-state index in [0.29, 0.717) is 17.9 Å². The van der Waals surface area contributed by atoms with Crippen molar-refractivity contribution in [1.29, 1.82) is 0 Å². The first-order valence-electron chi connectivity index (χ1n) is 9.99. The number of nitrogens with zero attached hydrogens (tertiary/aromatic N) is 2. The van der Waals surface area contributed by atoms with Crippen molar-refractivity contribution >= 4 is 16.1 Å². The summed E-state index contributed by atoms with van der Waals surface area (Å²) in [5.41, 5.74) is 0.733. The summed E-state index contributed by atoms with van der Waals surface area (Å²) < 4.78 is 40.1. The van der Waals surface area contributed by atoms with Crippen LogP contribution in [0, 0.1) is 0 Å². The number of piperidine rings is 1. The zero-order valence-electron chi connectivity index (χ0n) is 17.7. The fourth-order valence-corrected chi connectivity index (χ4v) is 5.68. The molecular formula is C20H31N3O5S. The number of benzene rings is 1. The number of hydrogen-bond donors (Lipinski definition) is 1. The van der Waals surface area contributed by atoms with Gasteiger partial charge in [-0.25, -0.2) is 0 Å². The van der Waals surface area contributed by atoms with E-state index in [-0.39, 0.29) is 18.0 Å². The molecular weight excluding hydrogens is 394 g/mol. The first-order chi connectivity index (χ1) is 13.7. The standard InChI is InChI=1S/C20H31N3O5S/c1-13-7-6-8-14(2)23(13)20(24)17-12-16(21-29(25,26)22(17)3)15-9-10-18(27-4)19(11-15)28-5/h9-11,13-14,16-17,21H,6-8,12H2,1-5H3. The largest absolute Gasteiger partial charge is 0.493 e. The molecule has 2 aliphatic heterocycles. The normalized spacial score (nSPS) is 30.0. The highest BCUT2D eigenvalue weighted by atomic mass is 32.2. The van der Waals surface area contributed by atoms with Crippen LogP contribution in [-0.2, 0) is 15.0 Å². The number of likely N-dealkylation sites (tertiary alicyclic amines) is 1. The summed E-state index contributed by atoms with van der Waals surface area (Å²) in [5.74, 6) is 0.961. The third-order valence-corrected chi connectivity index (χ3v) is 7.71. The molecule has 2 saturated heterocycles. The SMILES string of the molecule is COc1ccc(C2CC(C(=O)N3C(C)CCCC3C)N(C)S(=O)(=O)N2)cc1OC. The highest BCUT2D eigenvalue weighted by Gasteiger charge is 2.44. The van der Waals surface area contributed by atoms with Gasteiger partial charge in [0.05, 0.1) is 20.3 Å². The fourth-order valence-electron chi connectivity index (χ4n) is 4.41. The van der Waals surface area contributed by atoms with Crippen LogP contribution in [0.4, 0.5) is 0 Å². The summed E-state index contributed by atoms with van der Waals surface area (Å²) >= 11 is 0. The van der Waals surface area contributed by atoms with E-state index >= 15 is 0 Å². The maximum atomic E-state index is 13.4. The fraction of sp³-hybridized carbons (Fsp3) is 0.650. The summed E-state index contributed by atoms with van der Waals surface area (Å²) in [4.78, 5) is 15.3. The van der Waals surface area contributed by atoms with E-state index in [1.807, 2.05) is 18.7 Å². The second-order valence-corrected chi connectivity index (χ2v) is 9.69. The molecule has 4 atom stereocenters. The van der Waals surface area contributed by atoms with Gasteiger partial charge in [0.25, 0.3) is 10.2 Å². The molecule has 8 nitrogen and oxygen atoms in total. The van der Waals surface area contributed by atoms with E-state index in [0.717, 1.165) is 24.8 Å². The maximum Gasteiger partial charge on any atom is 0.280 e. The number of ether oxygens (including phenoxy) is 2. The second-order valence-electron chi connectivity index (χ2n) is 7.93. The Kier molecular flexibility index (Phi) is 6.40. The van der Waals surface area contributed by atoms with E-state index in [9.17, 15) is 13.2 Å². The summed E-state index contributed by atoms with van der Waals surface area (Å²) in [7, 11) is 0.750. The molecule has 1 N–H and O–H groups in total. The third kappa shape index (κ3) is 4.22. The van der Waals surface area contributed by atoms with Crippen LogP contribution in [-0.4, -0.2) is 62.9 Å². The van der Waals surface area contributed by atoms with Crippen molar-refractivity contribution in [2.24, 2.45) is 0 Å². The Labute approximate surface area is 173 Å². The monoisotopic (exact) mass is 425 g/mol. The minimum atomic E-state index is -3.80. The predicted octanol–water partition coefficient (Wildman–Crippen LogP) is 2.07. The van der Waals surface area contributed by atoms with Crippen molar-refractivity contribution in [3.8, 4) is 11.5 Å². The molecule has 1 aromatic carbocycles. The van der Waals surface area contributed by atoms with Gasteiger partial charge in [-0.3, -0.25) is 4.79 Å². The van der Waals surface area contributed by atoms with Gasteiger partial charge in [0.15, 0.2) is 11.5 Å². The number of likely N-dealkylation sites (N-methyl/N-ethyl adjacent to an activating group) is 1. The lowest BCUT2D eigenvalue weighted by Crippen LogP contribution is -2.60. The van der Waals surface area contributed by atoms with E-state index in [1.54, 1.807) is 25.3 Å². The summed E-state index contributed by atoms with van der Waals surface area (Å²) in [5, 5.41) is 0. The van der Waals surface area contributed by atoms with Gasteiger partial charge in [0, 0.05) is 19.1 Å². The van der Waals surface area contributed by atoms with Gasteiger partial charge in [0.1, 0.15) is 6.04 Å². The molecule has 0 aliphatic carbocycles. The molecule has 0 bridgehead atoms. The number of nitrogens with one attached hydrogen (secondary N) is 1. The van der Waals surface area contributed by atoms with Crippen molar-refractivity contribution in [1.82, 2.24) is 13.9 Å². The number of carbonyl (C=O) groups excluding carboxylic acids is 1. The van der Waals surface area contributed by atoms with Crippen molar-refractivity contribution < 1.29 is 22.7 Å². The molecule has 2 heterocycles. The van der Waals surface area contributed by atoms with E-state index < -0.39 is 22.3 Å².